The summed E-state index contributed by atoms with van der Waals surface area (Å²) in [4.78, 5) is 0. The van der Waals surface area contributed by atoms with E-state index in [0.717, 1.165) is 18.2 Å². The Morgan fingerprint density at radius 2 is 2.36 bits per heavy atom. The number of rotatable bonds is 0. The Morgan fingerprint density at radius 3 is 3.09 bits per heavy atom. The molecule has 0 aromatic heterocycles. The maximum atomic E-state index is 9.37. The molecule has 0 saturated carbocycles. The van der Waals surface area contributed by atoms with Gasteiger partial charge in [0.05, 0.1) is 0 Å². The molecule has 1 aliphatic heterocycles. The Balaban J connectivity index is 0.000000605. The standard InChI is InChI=1S/C8H8BO.Y/c10-9-6-5-7-3-1-2-4-8(7)9;/h2-4,10H,5-6H2;/q-1;. The van der Waals surface area contributed by atoms with Crippen LogP contribution in [-0.4, -0.2) is 11.9 Å². The molecule has 1 heterocycles. The van der Waals surface area contributed by atoms with E-state index in [2.05, 4.69) is 6.07 Å². The van der Waals surface area contributed by atoms with Crippen LogP contribution in [0.5, 0.6) is 0 Å². The van der Waals surface area contributed by atoms with E-state index in [4.69, 9.17) is 0 Å². The van der Waals surface area contributed by atoms with Crippen LogP contribution in [0, 0.1) is 6.07 Å². The Labute approximate surface area is 92.2 Å². The molecule has 2 rings (SSSR count). The summed E-state index contributed by atoms with van der Waals surface area (Å²) < 4.78 is 0. The topological polar surface area (TPSA) is 20.2 Å². The van der Waals surface area contributed by atoms with Crippen LogP contribution in [0.25, 0.3) is 0 Å². The summed E-state index contributed by atoms with van der Waals surface area (Å²) in [6, 6.07) is 8.77. The van der Waals surface area contributed by atoms with E-state index in [1.807, 2.05) is 18.2 Å². The Kier molecular flexibility index (Phi) is 3.29. The molecule has 1 N–H and O–H groups in total. The molecule has 0 atom stereocenters. The van der Waals surface area contributed by atoms with E-state index >= 15 is 0 Å². The maximum Gasteiger partial charge on any atom is 0.298 e. The summed E-state index contributed by atoms with van der Waals surface area (Å²) in [5, 5.41) is 9.37. The van der Waals surface area contributed by atoms with Gasteiger partial charge in [-0.15, -0.1) is 0 Å². The van der Waals surface area contributed by atoms with Crippen molar-refractivity contribution < 1.29 is 37.7 Å². The molecule has 11 heavy (non-hydrogen) atoms. The molecule has 0 spiro atoms. The van der Waals surface area contributed by atoms with Crippen LogP contribution < -0.4 is 5.46 Å². The van der Waals surface area contributed by atoms with Crippen molar-refractivity contribution in [3.8, 4) is 0 Å². The van der Waals surface area contributed by atoms with Gasteiger partial charge in [-0.05, 0) is 0 Å². The zero-order valence-electron chi connectivity index (χ0n) is 6.25. The molecule has 1 aliphatic rings. The Hall–Kier alpha value is 0.349. The third kappa shape index (κ3) is 1.74. The molecule has 1 nitrogen and oxygen atoms in total. The van der Waals surface area contributed by atoms with Crippen LogP contribution in [0.15, 0.2) is 18.2 Å². The molecule has 0 bridgehead atoms. The second kappa shape index (κ2) is 3.84. The molecule has 1 aromatic carbocycles. The molecule has 0 unspecified atom stereocenters. The monoisotopic (exact) mass is 220 g/mol. The smallest absolute Gasteiger partial charge is 0.298 e. The van der Waals surface area contributed by atoms with Crippen molar-refractivity contribution in [1.29, 1.82) is 0 Å². The fourth-order valence-electron chi connectivity index (χ4n) is 1.47. The summed E-state index contributed by atoms with van der Waals surface area (Å²) in [5.41, 5.74) is 2.36. The zero-order chi connectivity index (χ0) is 6.97. The quantitative estimate of drug-likeness (QED) is 0.490. The number of aryl methyl sites for hydroxylation is 1. The molecular weight excluding hydrogens is 212 g/mol. The van der Waals surface area contributed by atoms with E-state index in [-0.39, 0.29) is 39.6 Å². The van der Waals surface area contributed by atoms with Gasteiger partial charge >= 0.3 is 0 Å². The van der Waals surface area contributed by atoms with Gasteiger partial charge in [0.25, 0.3) is 6.92 Å². The normalized spacial score (nSPS) is 14.1. The molecule has 1 aromatic rings. The summed E-state index contributed by atoms with van der Waals surface area (Å²) in [6.45, 7) is -0.218. The van der Waals surface area contributed by atoms with Crippen molar-refractivity contribution in [1.82, 2.24) is 0 Å². The van der Waals surface area contributed by atoms with Gasteiger partial charge in [-0.25, -0.2) is 0 Å². The summed E-state index contributed by atoms with van der Waals surface area (Å²) in [5.74, 6) is 0. The van der Waals surface area contributed by atoms with Crippen molar-refractivity contribution in [3.05, 3.63) is 29.8 Å². The van der Waals surface area contributed by atoms with Gasteiger partial charge in [0, 0.05) is 32.7 Å². The number of hydrogen-bond donors (Lipinski definition) is 1. The van der Waals surface area contributed by atoms with Crippen LogP contribution >= 0.6 is 0 Å². The van der Waals surface area contributed by atoms with Crippen LogP contribution in [0.4, 0.5) is 0 Å². The first-order chi connectivity index (χ1) is 4.88. The largest absolute Gasteiger partial charge is 0.448 e. The van der Waals surface area contributed by atoms with Crippen LogP contribution in [0.3, 0.4) is 0 Å². The summed E-state index contributed by atoms with van der Waals surface area (Å²) in [7, 11) is 0. The van der Waals surface area contributed by atoms with Crippen LogP contribution in [0.2, 0.25) is 6.32 Å². The number of benzene rings is 1. The first kappa shape index (κ1) is 9.44. The van der Waals surface area contributed by atoms with Gasteiger partial charge < -0.3 is 5.02 Å². The Bertz CT molecular complexity index is 252. The SMILES string of the molecule is OB1CCc2c[c-]ccc21.[Y]. The van der Waals surface area contributed by atoms with Gasteiger partial charge in [0.2, 0.25) is 0 Å². The minimum Gasteiger partial charge on any atom is -0.448 e. The average Bonchev–Trinajstić information content (AvgIpc) is 2.34. The van der Waals surface area contributed by atoms with E-state index in [9.17, 15) is 5.02 Å². The molecule has 0 fully saturated rings. The van der Waals surface area contributed by atoms with Gasteiger partial charge in [-0.2, -0.15) is 35.3 Å². The number of fused-ring (bicyclic) bond motifs is 1. The van der Waals surface area contributed by atoms with Crippen LogP contribution in [-0.2, 0) is 39.1 Å². The fourth-order valence-corrected chi connectivity index (χ4v) is 1.47. The third-order valence-corrected chi connectivity index (χ3v) is 2.03. The first-order valence-electron chi connectivity index (χ1n) is 3.55. The minimum absolute atomic E-state index is 0. The molecule has 1 radical (unpaired) electrons. The molecular formula is C8H8BOY-. The van der Waals surface area contributed by atoms with Crippen molar-refractivity contribution in [3.63, 3.8) is 0 Å². The van der Waals surface area contributed by atoms with E-state index < -0.39 is 0 Å². The minimum atomic E-state index is -0.218. The zero-order valence-corrected chi connectivity index (χ0v) is 9.09. The number of hydrogen-bond acceptors (Lipinski definition) is 1. The first-order valence-corrected chi connectivity index (χ1v) is 3.55. The van der Waals surface area contributed by atoms with E-state index in [1.165, 1.54) is 5.56 Å². The van der Waals surface area contributed by atoms with E-state index in [1.54, 1.807) is 0 Å². The van der Waals surface area contributed by atoms with Crippen molar-refractivity contribution in [2.24, 2.45) is 0 Å². The molecule has 3 heteroatoms. The van der Waals surface area contributed by atoms with Gasteiger partial charge in [-0.3, -0.25) is 0 Å². The summed E-state index contributed by atoms with van der Waals surface area (Å²) in [6.07, 6.45) is 1.89. The second-order valence-corrected chi connectivity index (χ2v) is 2.68. The molecule has 53 valence electrons. The van der Waals surface area contributed by atoms with Crippen LogP contribution in [0.1, 0.15) is 5.56 Å². The van der Waals surface area contributed by atoms with Gasteiger partial charge in [0.15, 0.2) is 0 Å². The second-order valence-electron chi connectivity index (χ2n) is 2.68. The van der Waals surface area contributed by atoms with E-state index in [0.29, 0.717) is 0 Å². The predicted molar refractivity (Wildman–Crippen MR) is 41.4 cm³/mol. The van der Waals surface area contributed by atoms with Gasteiger partial charge in [-0.1, -0.05) is 12.7 Å². The molecule has 0 amide bonds. The maximum absolute atomic E-state index is 9.37. The summed E-state index contributed by atoms with van der Waals surface area (Å²) >= 11 is 0. The van der Waals surface area contributed by atoms with Crippen molar-refractivity contribution in [2.45, 2.75) is 12.7 Å². The Morgan fingerprint density at radius 1 is 1.55 bits per heavy atom. The molecule has 0 aliphatic carbocycles. The van der Waals surface area contributed by atoms with Crippen molar-refractivity contribution in [2.75, 3.05) is 0 Å². The fraction of sp³-hybridized carbons (Fsp3) is 0.250. The average molecular weight is 220 g/mol. The van der Waals surface area contributed by atoms with Gasteiger partial charge in [0.1, 0.15) is 0 Å². The third-order valence-electron chi connectivity index (χ3n) is 2.03. The molecule has 0 saturated heterocycles. The van der Waals surface area contributed by atoms with Crippen molar-refractivity contribution >= 4 is 12.4 Å². The predicted octanol–water partition coefficient (Wildman–Crippen LogP) is 0.231.